The van der Waals surface area contributed by atoms with E-state index >= 15 is 0 Å². The Morgan fingerprint density at radius 3 is 2.46 bits per heavy atom. The molecule has 140 valence electrons. The van der Waals surface area contributed by atoms with Crippen LogP contribution in [0, 0.1) is 5.41 Å². The lowest BCUT2D eigenvalue weighted by molar-refractivity contribution is 0.0680. The van der Waals surface area contributed by atoms with Crippen molar-refractivity contribution in [3.8, 4) is 0 Å². The van der Waals surface area contributed by atoms with Gasteiger partial charge in [0.15, 0.2) is 5.78 Å². The number of rotatable bonds is 2. The minimum absolute atomic E-state index is 0.00381. The van der Waals surface area contributed by atoms with E-state index in [0.717, 1.165) is 25.7 Å². The van der Waals surface area contributed by atoms with Gasteiger partial charge in [0.1, 0.15) is 5.56 Å². The minimum atomic E-state index is -0.386. The highest BCUT2D eigenvalue weighted by molar-refractivity contribution is 6.02. The number of aromatic amines is 1. The van der Waals surface area contributed by atoms with E-state index in [4.69, 9.17) is 0 Å². The lowest BCUT2D eigenvalue weighted by Crippen LogP contribution is -2.49. The number of nitrogens with zero attached hydrogens (tertiary/aromatic N) is 1. The number of carbonyl (C=O) groups excluding carboxylic acids is 2. The molecule has 1 aliphatic carbocycles. The molecule has 2 aliphatic heterocycles. The van der Waals surface area contributed by atoms with Crippen LogP contribution in [0.3, 0.4) is 0 Å². The predicted octanol–water partition coefficient (Wildman–Crippen LogP) is 1.89. The zero-order valence-corrected chi connectivity index (χ0v) is 15.7. The van der Waals surface area contributed by atoms with Gasteiger partial charge in [0, 0.05) is 42.9 Å². The van der Waals surface area contributed by atoms with Crippen LogP contribution in [-0.2, 0) is 6.42 Å². The first-order valence-corrected chi connectivity index (χ1v) is 9.56. The fourth-order valence-corrected chi connectivity index (χ4v) is 4.89. The molecule has 1 aromatic heterocycles. The van der Waals surface area contributed by atoms with Crippen LogP contribution in [0.2, 0.25) is 0 Å². The van der Waals surface area contributed by atoms with Crippen molar-refractivity contribution < 1.29 is 9.59 Å². The first-order valence-electron chi connectivity index (χ1n) is 9.56. The number of H-pyrrole nitrogens is 1. The van der Waals surface area contributed by atoms with Crippen molar-refractivity contribution in [3.63, 3.8) is 0 Å². The van der Waals surface area contributed by atoms with Crippen molar-refractivity contribution >= 4 is 11.7 Å². The van der Waals surface area contributed by atoms with Crippen LogP contribution >= 0.6 is 0 Å². The van der Waals surface area contributed by atoms with Gasteiger partial charge in [0.05, 0.1) is 0 Å². The van der Waals surface area contributed by atoms with Crippen LogP contribution < -0.4 is 10.9 Å². The molecule has 0 spiro atoms. The van der Waals surface area contributed by atoms with Gasteiger partial charge in [-0.1, -0.05) is 13.8 Å². The van der Waals surface area contributed by atoms with Crippen molar-refractivity contribution in [2.24, 2.45) is 5.41 Å². The molecule has 6 nitrogen and oxygen atoms in total. The molecule has 0 radical (unpaired) electrons. The summed E-state index contributed by atoms with van der Waals surface area (Å²) in [5, 5.41) is 3.57. The van der Waals surface area contributed by atoms with Gasteiger partial charge in [-0.3, -0.25) is 14.4 Å². The summed E-state index contributed by atoms with van der Waals surface area (Å²) in [6, 6.07) is 2.62. The Morgan fingerprint density at radius 2 is 1.81 bits per heavy atom. The molecule has 1 aromatic rings. The number of aromatic nitrogens is 1. The van der Waals surface area contributed by atoms with E-state index in [0.29, 0.717) is 36.2 Å². The normalized spacial score (nSPS) is 29.3. The Morgan fingerprint density at radius 1 is 1.15 bits per heavy atom. The molecule has 26 heavy (non-hydrogen) atoms. The molecule has 3 heterocycles. The quantitative estimate of drug-likeness (QED) is 0.847. The van der Waals surface area contributed by atoms with Crippen LogP contribution in [-0.4, -0.2) is 46.7 Å². The number of fused-ring (bicyclic) bond motifs is 3. The van der Waals surface area contributed by atoms with E-state index in [1.165, 1.54) is 6.07 Å². The van der Waals surface area contributed by atoms with Gasteiger partial charge >= 0.3 is 0 Å². The van der Waals surface area contributed by atoms with E-state index in [1.54, 1.807) is 11.9 Å². The summed E-state index contributed by atoms with van der Waals surface area (Å²) in [6.07, 6.45) is 5.25. The molecule has 2 N–H and O–H groups in total. The number of hydrogen-bond donors (Lipinski definition) is 2. The number of carbonyl (C=O) groups is 2. The summed E-state index contributed by atoms with van der Waals surface area (Å²) in [4.78, 5) is 42.6. The summed E-state index contributed by atoms with van der Waals surface area (Å²) in [5.74, 6) is -0.276. The third-order valence-corrected chi connectivity index (χ3v) is 6.26. The molecule has 1 amide bonds. The van der Waals surface area contributed by atoms with E-state index in [1.807, 2.05) is 13.8 Å². The SMILES string of the molecule is CN(C(=O)c1cc2c([nH]c1=O)CC(C)(C)CC2=O)C1CC2CCC(C1)N2. The lowest BCUT2D eigenvalue weighted by atomic mass is 9.75. The molecule has 2 bridgehead atoms. The van der Waals surface area contributed by atoms with E-state index in [-0.39, 0.29) is 34.3 Å². The Balaban J connectivity index is 1.61. The fraction of sp³-hybridized carbons (Fsp3) is 0.650. The summed E-state index contributed by atoms with van der Waals surface area (Å²) < 4.78 is 0. The van der Waals surface area contributed by atoms with Gasteiger partial charge in [-0.15, -0.1) is 0 Å². The Bertz CT molecular complexity index is 814. The van der Waals surface area contributed by atoms with Gasteiger partial charge in [-0.25, -0.2) is 0 Å². The highest BCUT2D eigenvalue weighted by Crippen LogP contribution is 2.34. The maximum atomic E-state index is 13.0. The molecule has 2 unspecified atom stereocenters. The Kier molecular flexibility index (Phi) is 4.06. The molecular formula is C20H27N3O3. The second-order valence-electron chi connectivity index (χ2n) is 9.02. The van der Waals surface area contributed by atoms with Crippen LogP contribution in [0.25, 0.3) is 0 Å². The van der Waals surface area contributed by atoms with Crippen molar-refractivity contribution in [1.82, 2.24) is 15.2 Å². The van der Waals surface area contributed by atoms with Crippen LogP contribution in [0.4, 0.5) is 0 Å². The lowest BCUT2D eigenvalue weighted by Gasteiger charge is -2.35. The minimum Gasteiger partial charge on any atom is -0.338 e. The highest BCUT2D eigenvalue weighted by Gasteiger charge is 2.38. The molecule has 0 aromatic carbocycles. The van der Waals surface area contributed by atoms with Gasteiger partial charge in [0.2, 0.25) is 0 Å². The zero-order chi connectivity index (χ0) is 18.6. The first kappa shape index (κ1) is 17.5. The summed E-state index contributed by atoms with van der Waals surface area (Å²) in [7, 11) is 1.78. The molecule has 4 rings (SSSR count). The number of nitrogens with one attached hydrogen (secondary N) is 2. The maximum Gasteiger partial charge on any atom is 0.261 e. The Hall–Kier alpha value is -1.95. The van der Waals surface area contributed by atoms with Gasteiger partial charge in [-0.05, 0) is 43.6 Å². The number of ketones is 1. The highest BCUT2D eigenvalue weighted by atomic mass is 16.2. The number of hydrogen-bond acceptors (Lipinski definition) is 4. The van der Waals surface area contributed by atoms with Crippen LogP contribution in [0.1, 0.15) is 72.4 Å². The standard InChI is InChI=1S/C20H27N3O3/c1-20(2)9-16-14(17(24)10-20)8-15(18(25)22-16)19(26)23(3)13-6-11-4-5-12(7-13)21-11/h8,11-13,21H,4-7,9-10H2,1-3H3,(H,22,25). The fourth-order valence-electron chi connectivity index (χ4n) is 4.89. The van der Waals surface area contributed by atoms with E-state index in [2.05, 4.69) is 10.3 Å². The summed E-state index contributed by atoms with van der Waals surface area (Å²) in [6.45, 7) is 4.04. The monoisotopic (exact) mass is 357 g/mol. The van der Waals surface area contributed by atoms with Crippen LogP contribution in [0.5, 0.6) is 0 Å². The van der Waals surface area contributed by atoms with Gasteiger partial charge in [-0.2, -0.15) is 0 Å². The average molecular weight is 357 g/mol. The molecule has 6 heteroatoms. The van der Waals surface area contributed by atoms with Crippen molar-refractivity contribution in [2.45, 2.75) is 70.5 Å². The second kappa shape index (κ2) is 6.05. The molecule has 3 aliphatic rings. The number of amides is 1. The van der Waals surface area contributed by atoms with Crippen molar-refractivity contribution in [2.75, 3.05) is 7.05 Å². The zero-order valence-electron chi connectivity index (χ0n) is 15.7. The van der Waals surface area contributed by atoms with Crippen molar-refractivity contribution in [3.05, 3.63) is 33.2 Å². The van der Waals surface area contributed by atoms with Crippen LogP contribution in [0.15, 0.2) is 10.9 Å². The van der Waals surface area contributed by atoms with E-state index in [9.17, 15) is 14.4 Å². The maximum absolute atomic E-state index is 13.0. The summed E-state index contributed by atoms with van der Waals surface area (Å²) >= 11 is 0. The third-order valence-electron chi connectivity index (χ3n) is 6.26. The third kappa shape index (κ3) is 3.00. The average Bonchev–Trinajstić information content (AvgIpc) is 2.90. The molecule has 2 saturated heterocycles. The molecular weight excluding hydrogens is 330 g/mol. The molecule has 2 fully saturated rings. The largest absolute Gasteiger partial charge is 0.338 e. The predicted molar refractivity (Wildman–Crippen MR) is 98.6 cm³/mol. The topological polar surface area (TPSA) is 82.3 Å². The van der Waals surface area contributed by atoms with Gasteiger partial charge in [0.25, 0.3) is 11.5 Å². The molecule has 2 atom stereocenters. The van der Waals surface area contributed by atoms with Crippen molar-refractivity contribution in [1.29, 1.82) is 0 Å². The summed E-state index contributed by atoms with van der Waals surface area (Å²) in [5.41, 5.74) is 0.707. The van der Waals surface area contributed by atoms with E-state index < -0.39 is 0 Å². The number of Topliss-reactive ketones (excluding diaryl/α,β-unsaturated/α-hetero) is 1. The second-order valence-corrected chi connectivity index (χ2v) is 9.02. The van der Waals surface area contributed by atoms with Gasteiger partial charge < -0.3 is 15.2 Å². The first-order chi connectivity index (χ1) is 12.2. The Labute approximate surface area is 153 Å². The smallest absolute Gasteiger partial charge is 0.261 e. The molecule has 0 saturated carbocycles. The number of pyridine rings is 1. The number of piperidine rings is 1.